The molecule has 33 heavy (non-hydrogen) atoms. The number of anilines is 1. The second kappa shape index (κ2) is 11.1. The van der Waals surface area contributed by atoms with Crippen LogP contribution in [0.15, 0.2) is 23.1 Å². The zero-order chi connectivity index (χ0) is 24.2. The van der Waals surface area contributed by atoms with Gasteiger partial charge in [0.15, 0.2) is 0 Å². The van der Waals surface area contributed by atoms with Gasteiger partial charge in [0.2, 0.25) is 10.0 Å². The van der Waals surface area contributed by atoms with E-state index in [9.17, 15) is 18.5 Å². The molecule has 3 rings (SSSR count). The highest BCUT2D eigenvalue weighted by atomic mass is 32.2. The molecule has 1 saturated heterocycles. The number of benzene rings is 1. The van der Waals surface area contributed by atoms with Gasteiger partial charge in [-0.05, 0) is 56.7 Å². The van der Waals surface area contributed by atoms with Crippen LogP contribution in [0.3, 0.4) is 0 Å². The molecule has 2 N–H and O–H groups in total. The molecule has 0 amide bonds. The maximum Gasteiger partial charge on any atom is 0.293 e. The van der Waals surface area contributed by atoms with E-state index in [1.807, 2.05) is 0 Å². The van der Waals surface area contributed by atoms with Gasteiger partial charge in [-0.2, -0.15) is 0 Å². The van der Waals surface area contributed by atoms with Crippen molar-refractivity contribution in [1.29, 1.82) is 0 Å². The maximum atomic E-state index is 12.9. The fourth-order valence-electron chi connectivity index (χ4n) is 4.80. The predicted molar refractivity (Wildman–Crippen MR) is 131 cm³/mol. The Morgan fingerprint density at radius 1 is 1.12 bits per heavy atom. The summed E-state index contributed by atoms with van der Waals surface area (Å²) >= 11 is 0. The first-order chi connectivity index (χ1) is 15.6. The van der Waals surface area contributed by atoms with Crippen LogP contribution in [0.2, 0.25) is 0 Å². The number of piperazine rings is 1. The number of nitro groups is 1. The van der Waals surface area contributed by atoms with Crippen molar-refractivity contribution in [3.05, 3.63) is 28.3 Å². The zero-order valence-electron chi connectivity index (χ0n) is 20.3. The third-order valence-electron chi connectivity index (χ3n) is 7.09. The molecule has 1 aromatic carbocycles. The van der Waals surface area contributed by atoms with Crippen LogP contribution in [0.25, 0.3) is 0 Å². The number of nitrogens with one attached hydrogen (secondary N) is 2. The van der Waals surface area contributed by atoms with Crippen molar-refractivity contribution in [2.75, 3.05) is 45.1 Å². The highest BCUT2D eigenvalue weighted by Crippen LogP contribution is 2.30. The zero-order valence-corrected chi connectivity index (χ0v) is 21.1. The van der Waals surface area contributed by atoms with Crippen molar-refractivity contribution in [1.82, 2.24) is 14.5 Å². The van der Waals surface area contributed by atoms with Crippen LogP contribution in [0.1, 0.15) is 46.5 Å². The van der Waals surface area contributed by atoms with E-state index >= 15 is 0 Å². The number of sulfonamides is 1. The highest BCUT2D eigenvalue weighted by molar-refractivity contribution is 7.89. The SMILES string of the molecule is CC1CCC(NS(=O)(=O)c2ccc(NCC(C(C)C)N3CCN(C)CC3)c([N+](=O)[O-])c2)CC1. The summed E-state index contributed by atoms with van der Waals surface area (Å²) in [5.74, 6) is 0.986. The molecule has 9 nitrogen and oxygen atoms in total. The number of likely N-dealkylation sites (N-methyl/N-ethyl adjacent to an activating group) is 1. The van der Waals surface area contributed by atoms with E-state index in [2.05, 4.69) is 47.7 Å². The minimum absolute atomic E-state index is 0.0575. The second-order valence-electron chi connectivity index (χ2n) is 10.0. The highest BCUT2D eigenvalue weighted by Gasteiger charge is 2.28. The van der Waals surface area contributed by atoms with Crippen molar-refractivity contribution in [2.45, 2.75) is 63.4 Å². The van der Waals surface area contributed by atoms with Crippen LogP contribution in [-0.4, -0.2) is 75.0 Å². The monoisotopic (exact) mass is 481 g/mol. The molecule has 186 valence electrons. The van der Waals surface area contributed by atoms with Gasteiger partial charge in [-0.25, -0.2) is 13.1 Å². The molecule has 10 heteroatoms. The minimum Gasteiger partial charge on any atom is -0.378 e. The van der Waals surface area contributed by atoms with Crippen molar-refractivity contribution in [3.63, 3.8) is 0 Å². The molecule has 1 aromatic rings. The first-order valence-corrected chi connectivity index (χ1v) is 13.5. The van der Waals surface area contributed by atoms with E-state index in [-0.39, 0.29) is 22.7 Å². The lowest BCUT2D eigenvalue weighted by Gasteiger charge is -2.40. The van der Waals surface area contributed by atoms with Crippen molar-refractivity contribution in [3.8, 4) is 0 Å². The van der Waals surface area contributed by atoms with Crippen molar-refractivity contribution in [2.24, 2.45) is 11.8 Å². The summed E-state index contributed by atoms with van der Waals surface area (Å²) in [7, 11) is -1.70. The van der Waals surface area contributed by atoms with E-state index in [1.54, 1.807) is 0 Å². The summed E-state index contributed by atoms with van der Waals surface area (Å²) in [6, 6.07) is 4.28. The number of hydrogen-bond acceptors (Lipinski definition) is 7. The maximum absolute atomic E-state index is 12.9. The molecule has 1 heterocycles. The Hall–Kier alpha value is -1.75. The van der Waals surface area contributed by atoms with Gasteiger partial charge in [-0.1, -0.05) is 20.8 Å². The number of hydrogen-bond donors (Lipinski definition) is 2. The lowest BCUT2D eigenvalue weighted by molar-refractivity contribution is -0.384. The number of nitrogens with zero attached hydrogens (tertiary/aromatic N) is 3. The van der Waals surface area contributed by atoms with E-state index in [0.717, 1.165) is 51.9 Å². The van der Waals surface area contributed by atoms with Crippen molar-refractivity contribution < 1.29 is 13.3 Å². The third-order valence-corrected chi connectivity index (χ3v) is 8.61. The first kappa shape index (κ1) is 25.9. The van der Waals surface area contributed by atoms with Gasteiger partial charge in [-0.3, -0.25) is 15.0 Å². The summed E-state index contributed by atoms with van der Waals surface area (Å²) in [5.41, 5.74) is 0.140. The Morgan fingerprint density at radius 3 is 2.33 bits per heavy atom. The molecule has 1 aliphatic heterocycles. The topological polar surface area (TPSA) is 108 Å². The molecule has 2 aliphatic rings. The average Bonchev–Trinajstić information content (AvgIpc) is 2.76. The quantitative estimate of drug-likeness (QED) is 0.412. The Balaban J connectivity index is 1.72. The Morgan fingerprint density at radius 2 is 1.76 bits per heavy atom. The lowest BCUT2D eigenvalue weighted by atomic mass is 9.88. The summed E-state index contributed by atoms with van der Waals surface area (Å²) in [5, 5.41) is 15.0. The van der Waals surface area contributed by atoms with Gasteiger partial charge in [0.05, 0.1) is 9.82 Å². The van der Waals surface area contributed by atoms with E-state index in [4.69, 9.17) is 0 Å². The predicted octanol–water partition coefficient (Wildman–Crippen LogP) is 3.14. The van der Waals surface area contributed by atoms with Crippen LogP contribution >= 0.6 is 0 Å². The molecule has 1 unspecified atom stereocenters. The summed E-state index contributed by atoms with van der Waals surface area (Å²) in [6.45, 7) is 11.0. The molecule has 0 radical (unpaired) electrons. The largest absolute Gasteiger partial charge is 0.378 e. The normalized spacial score (nSPS) is 24.0. The fourth-order valence-corrected chi connectivity index (χ4v) is 6.12. The van der Waals surface area contributed by atoms with Crippen LogP contribution in [0.4, 0.5) is 11.4 Å². The van der Waals surface area contributed by atoms with Crippen LogP contribution < -0.4 is 10.0 Å². The number of rotatable bonds is 9. The van der Waals surface area contributed by atoms with E-state index in [1.165, 1.54) is 18.2 Å². The summed E-state index contributed by atoms with van der Waals surface area (Å²) < 4.78 is 28.5. The third kappa shape index (κ3) is 6.88. The average molecular weight is 482 g/mol. The molecular formula is C23H39N5O4S. The smallest absolute Gasteiger partial charge is 0.293 e. The molecule has 0 bridgehead atoms. The van der Waals surface area contributed by atoms with Crippen LogP contribution in [0, 0.1) is 22.0 Å². The molecule has 1 saturated carbocycles. The van der Waals surface area contributed by atoms with E-state index in [0.29, 0.717) is 24.1 Å². The molecular weight excluding hydrogens is 442 g/mol. The standard InChI is InChI=1S/C23H39N5O4S/c1-17(2)23(27-13-11-26(4)12-14-27)16-24-21-10-9-20(15-22(21)28(29)30)33(31,32)25-19-7-5-18(3)6-8-19/h9-10,15,17-19,23-25H,5-8,11-14,16H2,1-4H3. The van der Waals surface area contributed by atoms with Gasteiger partial charge < -0.3 is 10.2 Å². The van der Waals surface area contributed by atoms with Crippen LogP contribution in [0.5, 0.6) is 0 Å². The van der Waals surface area contributed by atoms with Gasteiger partial charge in [-0.15, -0.1) is 0 Å². The Labute approximate surface area is 198 Å². The van der Waals surface area contributed by atoms with Crippen LogP contribution in [-0.2, 0) is 10.0 Å². The summed E-state index contributed by atoms with van der Waals surface area (Å²) in [6.07, 6.45) is 3.57. The minimum atomic E-state index is -3.81. The van der Waals surface area contributed by atoms with Crippen molar-refractivity contribution >= 4 is 21.4 Å². The molecule has 0 spiro atoms. The molecule has 1 aliphatic carbocycles. The van der Waals surface area contributed by atoms with E-state index < -0.39 is 14.9 Å². The van der Waals surface area contributed by atoms with Gasteiger partial charge in [0.1, 0.15) is 5.69 Å². The Bertz CT molecular complexity index is 907. The first-order valence-electron chi connectivity index (χ1n) is 12.0. The van der Waals surface area contributed by atoms with Gasteiger partial charge >= 0.3 is 0 Å². The Kier molecular flexibility index (Phi) is 8.71. The van der Waals surface area contributed by atoms with Gasteiger partial charge in [0.25, 0.3) is 5.69 Å². The molecule has 1 atom stereocenters. The molecule has 2 fully saturated rings. The van der Waals surface area contributed by atoms with Gasteiger partial charge in [0, 0.05) is 50.9 Å². The molecule has 0 aromatic heterocycles. The summed E-state index contributed by atoms with van der Waals surface area (Å²) in [4.78, 5) is 15.9. The number of nitro benzene ring substituents is 1. The second-order valence-corrected chi connectivity index (χ2v) is 11.8. The fraction of sp³-hybridized carbons (Fsp3) is 0.739. The lowest BCUT2D eigenvalue weighted by Crippen LogP contribution is -2.52.